The second kappa shape index (κ2) is 4.23. The van der Waals surface area contributed by atoms with E-state index in [4.69, 9.17) is 11.6 Å². The maximum atomic E-state index is 11.2. The van der Waals surface area contributed by atoms with Crippen LogP contribution < -0.4 is 0 Å². The number of methoxy groups -OCH3 is 1. The molecular formula is C8H7ClINO2. The van der Waals surface area contributed by atoms with Gasteiger partial charge in [-0.15, -0.1) is 0 Å². The number of carbonyl (C=O) groups is 1. The molecule has 5 heteroatoms. The van der Waals surface area contributed by atoms with Crippen molar-refractivity contribution in [2.24, 2.45) is 0 Å². The minimum absolute atomic E-state index is 0.304. The fraction of sp³-hybridized carbons (Fsp3) is 0.250. The van der Waals surface area contributed by atoms with E-state index in [1.807, 2.05) is 22.6 Å². The Bertz CT molecular complexity index is 354. The Morgan fingerprint density at radius 2 is 2.31 bits per heavy atom. The van der Waals surface area contributed by atoms with Gasteiger partial charge in [-0.05, 0) is 35.6 Å². The molecule has 0 unspecified atom stereocenters. The number of ether oxygens (including phenoxy) is 1. The lowest BCUT2D eigenvalue weighted by Crippen LogP contribution is -2.06. The van der Waals surface area contributed by atoms with E-state index in [2.05, 4.69) is 9.72 Å². The van der Waals surface area contributed by atoms with Crippen LogP contribution in [0.3, 0.4) is 0 Å². The molecule has 0 N–H and O–H groups in total. The normalized spacial score (nSPS) is 9.85. The van der Waals surface area contributed by atoms with Gasteiger partial charge in [-0.3, -0.25) is 0 Å². The zero-order valence-corrected chi connectivity index (χ0v) is 10.0. The van der Waals surface area contributed by atoms with Gasteiger partial charge in [0.2, 0.25) is 0 Å². The molecule has 0 saturated heterocycles. The molecule has 0 spiro atoms. The topological polar surface area (TPSA) is 39.2 Å². The van der Waals surface area contributed by atoms with Crippen molar-refractivity contribution in [3.63, 3.8) is 0 Å². The van der Waals surface area contributed by atoms with Crippen molar-refractivity contribution in [3.8, 4) is 0 Å². The average Bonchev–Trinajstić information content (AvgIpc) is 2.10. The summed E-state index contributed by atoms with van der Waals surface area (Å²) in [4.78, 5) is 15.2. The third-order valence-corrected chi connectivity index (χ3v) is 3.05. The van der Waals surface area contributed by atoms with Crippen molar-refractivity contribution in [1.82, 2.24) is 4.98 Å². The second-order valence-electron chi connectivity index (χ2n) is 2.38. The Kier molecular flexibility index (Phi) is 3.49. The van der Waals surface area contributed by atoms with E-state index in [-0.39, 0.29) is 0 Å². The number of hydrogen-bond acceptors (Lipinski definition) is 3. The van der Waals surface area contributed by atoms with Crippen molar-refractivity contribution in [1.29, 1.82) is 0 Å². The molecule has 1 rings (SSSR count). The van der Waals surface area contributed by atoms with E-state index in [0.29, 0.717) is 10.7 Å². The maximum Gasteiger partial charge on any atom is 0.339 e. The largest absolute Gasteiger partial charge is 0.465 e. The Morgan fingerprint density at radius 3 is 2.85 bits per heavy atom. The van der Waals surface area contributed by atoms with Gasteiger partial charge in [0.25, 0.3) is 0 Å². The van der Waals surface area contributed by atoms with E-state index in [1.165, 1.54) is 13.2 Å². The molecule has 0 fully saturated rings. The van der Waals surface area contributed by atoms with Crippen molar-refractivity contribution in [3.05, 3.63) is 26.0 Å². The molecule has 1 aromatic rings. The van der Waals surface area contributed by atoms with Gasteiger partial charge >= 0.3 is 5.97 Å². The fourth-order valence-electron chi connectivity index (χ4n) is 0.877. The van der Waals surface area contributed by atoms with E-state index >= 15 is 0 Å². The highest BCUT2D eigenvalue weighted by Gasteiger charge is 2.13. The minimum atomic E-state index is -0.392. The highest BCUT2D eigenvalue weighted by molar-refractivity contribution is 14.1. The number of rotatable bonds is 1. The summed E-state index contributed by atoms with van der Waals surface area (Å²) in [7, 11) is 1.34. The van der Waals surface area contributed by atoms with Crippen LogP contribution in [0.2, 0.25) is 5.15 Å². The summed E-state index contributed by atoms with van der Waals surface area (Å²) in [5, 5.41) is 0.304. The first-order valence-electron chi connectivity index (χ1n) is 3.47. The number of halogens is 2. The van der Waals surface area contributed by atoms with Gasteiger partial charge in [0.15, 0.2) is 0 Å². The first-order chi connectivity index (χ1) is 6.06. The van der Waals surface area contributed by atoms with Crippen LogP contribution in [0.25, 0.3) is 0 Å². The van der Waals surface area contributed by atoms with Crippen molar-refractivity contribution in [2.75, 3.05) is 7.11 Å². The lowest BCUT2D eigenvalue weighted by Gasteiger charge is -2.04. The Balaban J connectivity index is 3.28. The molecule has 0 radical (unpaired) electrons. The van der Waals surface area contributed by atoms with Crippen molar-refractivity contribution >= 4 is 40.2 Å². The lowest BCUT2D eigenvalue weighted by molar-refractivity contribution is 0.0599. The third-order valence-electron chi connectivity index (χ3n) is 1.50. The van der Waals surface area contributed by atoms with E-state index in [0.717, 1.165) is 9.26 Å². The molecule has 0 aliphatic rings. The molecule has 70 valence electrons. The molecular weight excluding hydrogens is 304 g/mol. The summed E-state index contributed by atoms with van der Waals surface area (Å²) < 4.78 is 5.37. The second-order valence-corrected chi connectivity index (χ2v) is 3.85. The molecule has 0 bridgehead atoms. The molecule has 0 amide bonds. The van der Waals surface area contributed by atoms with Crippen LogP contribution in [0.4, 0.5) is 0 Å². The zero-order chi connectivity index (χ0) is 10.0. The van der Waals surface area contributed by atoms with Gasteiger partial charge in [-0.2, -0.15) is 0 Å². The Labute approximate surface area is 94.6 Å². The van der Waals surface area contributed by atoms with Crippen LogP contribution in [-0.2, 0) is 4.74 Å². The zero-order valence-electron chi connectivity index (χ0n) is 7.10. The molecule has 0 aliphatic carbocycles. The summed E-state index contributed by atoms with van der Waals surface area (Å²) in [6, 6.07) is 1.50. The van der Waals surface area contributed by atoms with Crippen molar-refractivity contribution < 1.29 is 9.53 Å². The molecule has 0 aromatic carbocycles. The monoisotopic (exact) mass is 311 g/mol. The summed E-state index contributed by atoms with van der Waals surface area (Å²) in [6.07, 6.45) is 0. The fourth-order valence-corrected chi connectivity index (χ4v) is 1.61. The highest BCUT2D eigenvalue weighted by Crippen LogP contribution is 2.19. The Morgan fingerprint density at radius 1 is 1.69 bits per heavy atom. The van der Waals surface area contributed by atoms with E-state index in [1.54, 1.807) is 6.92 Å². The number of aromatic nitrogens is 1. The smallest absolute Gasteiger partial charge is 0.339 e. The van der Waals surface area contributed by atoms with Crippen LogP contribution >= 0.6 is 34.2 Å². The summed E-state index contributed by atoms with van der Waals surface area (Å²) in [5.74, 6) is -0.392. The van der Waals surface area contributed by atoms with Gasteiger partial charge in [0, 0.05) is 3.57 Å². The molecule has 0 saturated carbocycles. The van der Waals surface area contributed by atoms with Crippen LogP contribution in [0, 0.1) is 10.5 Å². The van der Waals surface area contributed by atoms with Gasteiger partial charge in [-0.1, -0.05) is 11.6 Å². The molecule has 3 nitrogen and oxygen atoms in total. The number of esters is 1. The standard InChI is InChI=1S/C8H7ClINO2/c1-4-7(10)5(8(12)13-2)3-6(9)11-4/h3H,1-2H3. The van der Waals surface area contributed by atoms with Crippen LogP contribution in [-0.4, -0.2) is 18.1 Å². The number of hydrogen-bond donors (Lipinski definition) is 0. The molecule has 0 aliphatic heterocycles. The Hall–Kier alpha value is -0.360. The predicted molar refractivity (Wildman–Crippen MR) is 58.0 cm³/mol. The first kappa shape index (κ1) is 10.7. The molecule has 0 atom stereocenters. The molecule has 13 heavy (non-hydrogen) atoms. The highest BCUT2D eigenvalue weighted by atomic mass is 127. The molecule has 1 heterocycles. The third kappa shape index (κ3) is 2.31. The number of aryl methyl sites for hydroxylation is 1. The van der Waals surface area contributed by atoms with Crippen molar-refractivity contribution in [2.45, 2.75) is 6.92 Å². The lowest BCUT2D eigenvalue weighted by atomic mass is 10.2. The average molecular weight is 312 g/mol. The van der Waals surface area contributed by atoms with E-state index < -0.39 is 5.97 Å². The number of carbonyl (C=O) groups excluding carboxylic acids is 1. The van der Waals surface area contributed by atoms with Gasteiger partial charge < -0.3 is 4.74 Å². The molecule has 1 aromatic heterocycles. The van der Waals surface area contributed by atoms with Gasteiger partial charge in [-0.25, -0.2) is 9.78 Å². The first-order valence-corrected chi connectivity index (χ1v) is 4.93. The predicted octanol–water partition coefficient (Wildman–Crippen LogP) is 2.43. The maximum absolute atomic E-state index is 11.2. The minimum Gasteiger partial charge on any atom is -0.465 e. The van der Waals surface area contributed by atoms with Crippen LogP contribution in [0.1, 0.15) is 16.1 Å². The number of pyridine rings is 1. The summed E-state index contributed by atoms with van der Waals surface area (Å²) in [6.45, 7) is 1.79. The van der Waals surface area contributed by atoms with Crippen LogP contribution in [0.5, 0.6) is 0 Å². The SMILES string of the molecule is COC(=O)c1cc(Cl)nc(C)c1I. The quantitative estimate of drug-likeness (QED) is 0.454. The van der Waals surface area contributed by atoms with E-state index in [9.17, 15) is 4.79 Å². The van der Waals surface area contributed by atoms with Crippen LogP contribution in [0.15, 0.2) is 6.07 Å². The summed E-state index contributed by atoms with van der Waals surface area (Å²) >= 11 is 7.74. The number of nitrogens with zero attached hydrogens (tertiary/aromatic N) is 1. The van der Waals surface area contributed by atoms with Gasteiger partial charge in [0.05, 0.1) is 18.4 Å². The summed E-state index contributed by atoms with van der Waals surface area (Å²) in [5.41, 5.74) is 1.19. The van der Waals surface area contributed by atoms with Gasteiger partial charge in [0.1, 0.15) is 5.15 Å².